The number of fused-ring (bicyclic) bond motifs is 1. The van der Waals surface area contributed by atoms with Gasteiger partial charge in [0.15, 0.2) is 5.06 Å². The molecule has 106 valence electrons. The Kier molecular flexibility index (Phi) is 3.76. The van der Waals surface area contributed by atoms with E-state index in [-0.39, 0.29) is 12.1 Å². The quantitative estimate of drug-likeness (QED) is 0.794. The fraction of sp³-hybridized carbons (Fsp3) is 0.643. The fourth-order valence-electron chi connectivity index (χ4n) is 2.01. The zero-order valence-corrected chi connectivity index (χ0v) is 13.0. The van der Waals surface area contributed by atoms with Crippen LogP contribution in [-0.4, -0.2) is 36.3 Å². The molecule has 0 aliphatic carbocycles. The zero-order chi connectivity index (χ0) is 14.2. The summed E-state index contributed by atoms with van der Waals surface area (Å²) in [4.78, 5) is 13.7. The Labute approximate surface area is 118 Å². The van der Waals surface area contributed by atoms with E-state index in [4.69, 9.17) is 9.47 Å². The summed E-state index contributed by atoms with van der Waals surface area (Å²) in [6, 6.07) is 0.0376. The Morgan fingerprint density at radius 3 is 2.84 bits per heavy atom. The topological polar surface area (TPSA) is 38.8 Å². The maximum absolute atomic E-state index is 12.0. The number of ether oxygens (including phenoxy) is 2. The van der Waals surface area contributed by atoms with Gasteiger partial charge in [0.05, 0.1) is 6.04 Å². The molecule has 19 heavy (non-hydrogen) atoms. The van der Waals surface area contributed by atoms with Gasteiger partial charge < -0.3 is 14.4 Å². The van der Waals surface area contributed by atoms with Crippen molar-refractivity contribution < 1.29 is 14.3 Å². The van der Waals surface area contributed by atoms with E-state index in [1.807, 2.05) is 20.8 Å². The van der Waals surface area contributed by atoms with E-state index in [0.29, 0.717) is 6.61 Å². The van der Waals surface area contributed by atoms with Crippen LogP contribution in [0.1, 0.15) is 31.9 Å². The predicted octanol–water partition coefficient (Wildman–Crippen LogP) is 3.23. The van der Waals surface area contributed by atoms with Gasteiger partial charge in [-0.3, -0.25) is 0 Å². The molecule has 1 aliphatic rings. The molecular weight excluding hydrogens is 262 g/mol. The second-order valence-electron chi connectivity index (χ2n) is 5.94. The molecule has 1 atom stereocenters. The summed E-state index contributed by atoms with van der Waals surface area (Å²) in [6.07, 6.45) is 0.540. The molecule has 1 aromatic rings. The van der Waals surface area contributed by atoms with Crippen molar-refractivity contribution in [2.75, 3.05) is 13.7 Å². The largest absolute Gasteiger partial charge is 0.482 e. The number of amides is 1. The highest BCUT2D eigenvalue weighted by Crippen LogP contribution is 2.35. The van der Waals surface area contributed by atoms with Gasteiger partial charge in [0.2, 0.25) is 0 Å². The smallest absolute Gasteiger partial charge is 0.410 e. The minimum Gasteiger partial charge on any atom is -0.482 e. The lowest BCUT2D eigenvalue weighted by Gasteiger charge is -2.33. The van der Waals surface area contributed by atoms with Crippen molar-refractivity contribution in [2.24, 2.45) is 0 Å². The molecule has 5 heteroatoms. The van der Waals surface area contributed by atoms with Crippen LogP contribution in [0.2, 0.25) is 0 Å². The van der Waals surface area contributed by atoms with E-state index in [2.05, 4.69) is 12.3 Å². The average molecular weight is 283 g/mol. The molecule has 0 N–H and O–H groups in total. The van der Waals surface area contributed by atoms with Gasteiger partial charge in [0.25, 0.3) is 0 Å². The Bertz CT molecular complexity index is 476. The summed E-state index contributed by atoms with van der Waals surface area (Å²) in [5, 5.41) is 3.09. The molecule has 1 aromatic heterocycles. The molecular formula is C14H21NO3S. The Hall–Kier alpha value is -1.23. The average Bonchev–Trinajstić information content (AvgIpc) is 2.67. The van der Waals surface area contributed by atoms with Crippen molar-refractivity contribution in [1.82, 2.24) is 4.90 Å². The van der Waals surface area contributed by atoms with Gasteiger partial charge in [-0.2, -0.15) is 0 Å². The molecule has 1 unspecified atom stereocenters. The highest BCUT2D eigenvalue weighted by Gasteiger charge is 2.30. The van der Waals surface area contributed by atoms with Gasteiger partial charge in [0, 0.05) is 19.0 Å². The molecule has 1 aliphatic heterocycles. The van der Waals surface area contributed by atoms with Crippen LogP contribution in [0, 0.1) is 6.92 Å². The van der Waals surface area contributed by atoms with E-state index in [1.54, 1.807) is 23.3 Å². The van der Waals surface area contributed by atoms with Crippen molar-refractivity contribution in [3.8, 4) is 5.06 Å². The van der Waals surface area contributed by atoms with Crippen molar-refractivity contribution in [1.29, 1.82) is 0 Å². The third kappa shape index (κ3) is 3.21. The van der Waals surface area contributed by atoms with Gasteiger partial charge in [-0.05, 0) is 38.6 Å². The summed E-state index contributed by atoms with van der Waals surface area (Å²) in [5.41, 5.74) is 1.99. The van der Waals surface area contributed by atoms with E-state index < -0.39 is 5.60 Å². The lowest BCUT2D eigenvalue weighted by molar-refractivity contribution is 0.0162. The van der Waals surface area contributed by atoms with Gasteiger partial charge in [-0.25, -0.2) is 4.79 Å². The van der Waals surface area contributed by atoms with Crippen molar-refractivity contribution in [3.63, 3.8) is 0 Å². The predicted molar refractivity (Wildman–Crippen MR) is 76.0 cm³/mol. The number of hydrogen-bond donors (Lipinski definition) is 0. The first-order chi connectivity index (χ1) is 8.78. The Morgan fingerprint density at radius 1 is 1.53 bits per heavy atom. The van der Waals surface area contributed by atoms with Crippen LogP contribution in [0.4, 0.5) is 4.79 Å². The van der Waals surface area contributed by atoms with Crippen molar-refractivity contribution in [3.05, 3.63) is 16.5 Å². The monoisotopic (exact) mass is 283 g/mol. The Morgan fingerprint density at radius 2 is 2.21 bits per heavy atom. The fourth-order valence-corrected chi connectivity index (χ4v) is 2.96. The lowest BCUT2D eigenvalue weighted by Crippen LogP contribution is -2.46. The van der Waals surface area contributed by atoms with Gasteiger partial charge in [-0.15, -0.1) is 11.3 Å². The first-order valence-corrected chi connectivity index (χ1v) is 7.31. The molecule has 1 amide bonds. The normalized spacial score (nSPS) is 18.5. The summed E-state index contributed by atoms with van der Waals surface area (Å²) >= 11 is 1.63. The number of thiophene rings is 1. The highest BCUT2D eigenvalue weighted by molar-refractivity contribution is 7.12. The number of carbonyl (C=O) groups excluding carboxylic acids is 1. The van der Waals surface area contributed by atoms with E-state index in [0.717, 1.165) is 11.5 Å². The van der Waals surface area contributed by atoms with Crippen LogP contribution in [0.3, 0.4) is 0 Å². The maximum atomic E-state index is 12.0. The molecule has 0 saturated heterocycles. The van der Waals surface area contributed by atoms with Crippen LogP contribution in [0.25, 0.3) is 0 Å². The molecule has 0 bridgehead atoms. The molecule has 0 radical (unpaired) electrons. The summed E-state index contributed by atoms with van der Waals surface area (Å²) < 4.78 is 11.1. The number of rotatable bonds is 1. The van der Waals surface area contributed by atoms with Crippen molar-refractivity contribution >= 4 is 17.4 Å². The third-order valence-corrected chi connectivity index (χ3v) is 4.19. The molecule has 2 rings (SSSR count). The van der Waals surface area contributed by atoms with Crippen LogP contribution in [0.5, 0.6) is 5.06 Å². The number of hydrogen-bond acceptors (Lipinski definition) is 4. The van der Waals surface area contributed by atoms with Crippen LogP contribution < -0.4 is 4.74 Å². The van der Waals surface area contributed by atoms with Gasteiger partial charge in [-0.1, -0.05) is 0 Å². The SMILES string of the molecule is Cc1csc2c1CC(N(C)C(=O)OC(C)(C)C)CO2. The molecule has 0 spiro atoms. The highest BCUT2D eigenvalue weighted by atomic mass is 32.1. The minimum absolute atomic E-state index is 0.0376. The molecule has 2 heterocycles. The van der Waals surface area contributed by atoms with E-state index >= 15 is 0 Å². The molecule has 0 fully saturated rings. The standard InChI is InChI=1S/C14H21NO3S/c1-9-8-19-12-11(9)6-10(7-17-12)15(5)13(16)18-14(2,3)4/h8,10H,6-7H2,1-5H3. The minimum atomic E-state index is -0.468. The van der Waals surface area contributed by atoms with Gasteiger partial charge >= 0.3 is 6.09 Å². The van der Waals surface area contributed by atoms with Crippen LogP contribution in [0.15, 0.2) is 5.38 Å². The van der Waals surface area contributed by atoms with E-state index in [9.17, 15) is 4.79 Å². The first kappa shape index (κ1) is 14.2. The third-order valence-electron chi connectivity index (χ3n) is 3.14. The summed E-state index contributed by atoms with van der Waals surface area (Å²) in [7, 11) is 1.77. The summed E-state index contributed by atoms with van der Waals surface area (Å²) in [6.45, 7) is 8.23. The van der Waals surface area contributed by atoms with Crippen LogP contribution in [-0.2, 0) is 11.2 Å². The molecule has 4 nitrogen and oxygen atoms in total. The molecule has 0 aromatic carbocycles. The maximum Gasteiger partial charge on any atom is 0.410 e. The Balaban J connectivity index is 2.04. The first-order valence-electron chi connectivity index (χ1n) is 6.43. The van der Waals surface area contributed by atoms with E-state index in [1.165, 1.54) is 11.1 Å². The second-order valence-corrected chi connectivity index (χ2v) is 6.79. The second kappa shape index (κ2) is 5.04. The van der Waals surface area contributed by atoms with Crippen LogP contribution >= 0.6 is 11.3 Å². The molecule has 0 saturated carbocycles. The number of aryl methyl sites for hydroxylation is 1. The van der Waals surface area contributed by atoms with Gasteiger partial charge in [0.1, 0.15) is 12.2 Å². The van der Waals surface area contributed by atoms with Crippen molar-refractivity contribution in [2.45, 2.75) is 45.8 Å². The lowest BCUT2D eigenvalue weighted by atomic mass is 10.0. The number of nitrogens with zero attached hydrogens (tertiary/aromatic N) is 1. The number of likely N-dealkylation sites (N-methyl/N-ethyl adjacent to an activating group) is 1. The zero-order valence-electron chi connectivity index (χ0n) is 12.1. The summed E-state index contributed by atoms with van der Waals surface area (Å²) in [5.74, 6) is 0. The number of carbonyl (C=O) groups is 1.